The molecule has 0 spiro atoms. The molecule has 8 nitrogen and oxygen atoms in total. The maximum Gasteiger partial charge on any atom is 0.329 e. The number of carbonyl (C=O) groups is 3. The molecule has 2 amide bonds. The Hall–Kier alpha value is -3.55. The number of methoxy groups -OCH3 is 2. The molecule has 0 aliphatic carbocycles. The van der Waals surface area contributed by atoms with Gasteiger partial charge in [-0.1, -0.05) is 32.0 Å². The Bertz CT molecular complexity index is 981. The van der Waals surface area contributed by atoms with E-state index in [1.54, 1.807) is 36.9 Å². The molecular formula is C24H28N2O6. The second-order valence-corrected chi connectivity index (χ2v) is 7.83. The van der Waals surface area contributed by atoms with Crippen molar-refractivity contribution < 1.29 is 28.6 Å². The minimum atomic E-state index is -0.918. The third-order valence-electron chi connectivity index (χ3n) is 5.35. The van der Waals surface area contributed by atoms with E-state index in [0.29, 0.717) is 18.0 Å². The minimum absolute atomic E-state index is 0.249. The highest BCUT2D eigenvalue weighted by molar-refractivity contribution is 5.99. The fourth-order valence-electron chi connectivity index (χ4n) is 3.56. The molecule has 2 aromatic carbocycles. The largest absolute Gasteiger partial charge is 0.497 e. The van der Waals surface area contributed by atoms with Gasteiger partial charge in [0.2, 0.25) is 0 Å². The second kappa shape index (κ2) is 10.2. The quantitative estimate of drug-likeness (QED) is 0.634. The van der Waals surface area contributed by atoms with Crippen molar-refractivity contribution in [2.24, 2.45) is 5.92 Å². The van der Waals surface area contributed by atoms with Crippen LogP contribution in [0, 0.1) is 5.92 Å². The van der Waals surface area contributed by atoms with Crippen molar-refractivity contribution >= 4 is 23.5 Å². The van der Waals surface area contributed by atoms with Gasteiger partial charge in [0.05, 0.1) is 14.2 Å². The molecule has 1 atom stereocenters. The fraction of sp³-hybridized carbons (Fsp3) is 0.375. The van der Waals surface area contributed by atoms with Crippen LogP contribution in [0.3, 0.4) is 0 Å². The number of esters is 1. The molecule has 1 N–H and O–H groups in total. The zero-order chi connectivity index (χ0) is 23.3. The van der Waals surface area contributed by atoms with Crippen LogP contribution >= 0.6 is 0 Å². The molecule has 170 valence electrons. The summed E-state index contributed by atoms with van der Waals surface area (Å²) < 4.78 is 15.7. The van der Waals surface area contributed by atoms with Crippen LogP contribution < -0.4 is 19.7 Å². The molecular weight excluding hydrogens is 412 g/mol. The summed E-state index contributed by atoms with van der Waals surface area (Å²) in [4.78, 5) is 39.7. The van der Waals surface area contributed by atoms with E-state index in [1.807, 2.05) is 24.3 Å². The summed E-state index contributed by atoms with van der Waals surface area (Å²) >= 11 is 0. The van der Waals surface area contributed by atoms with Crippen LogP contribution in [0.4, 0.5) is 5.69 Å². The number of hydrogen-bond acceptors (Lipinski definition) is 6. The van der Waals surface area contributed by atoms with Crippen LogP contribution in [-0.4, -0.2) is 51.2 Å². The molecule has 0 aromatic heterocycles. The minimum Gasteiger partial charge on any atom is -0.497 e. The van der Waals surface area contributed by atoms with E-state index in [4.69, 9.17) is 14.2 Å². The molecule has 32 heavy (non-hydrogen) atoms. The third-order valence-corrected chi connectivity index (χ3v) is 5.35. The highest BCUT2D eigenvalue weighted by Gasteiger charge is 2.29. The maximum absolute atomic E-state index is 12.8. The zero-order valence-electron chi connectivity index (χ0n) is 18.7. The van der Waals surface area contributed by atoms with Gasteiger partial charge in [0.1, 0.15) is 17.5 Å². The number of ether oxygens (including phenoxy) is 3. The van der Waals surface area contributed by atoms with Crippen molar-refractivity contribution in [2.45, 2.75) is 26.3 Å². The lowest BCUT2D eigenvalue weighted by molar-refractivity contribution is -0.150. The van der Waals surface area contributed by atoms with Gasteiger partial charge >= 0.3 is 5.97 Å². The topological polar surface area (TPSA) is 94.2 Å². The fourth-order valence-corrected chi connectivity index (χ4v) is 3.56. The number of fused-ring (bicyclic) bond motifs is 1. The lowest BCUT2D eigenvalue weighted by Crippen LogP contribution is -2.46. The van der Waals surface area contributed by atoms with Crippen LogP contribution in [-0.2, 0) is 20.7 Å². The van der Waals surface area contributed by atoms with Crippen LogP contribution in [0.2, 0.25) is 0 Å². The SMILES string of the molecule is COc1cc(OC)cc(C(=O)N[C@@H](C(=O)OCC(=O)N2CCc3ccccc32)C(C)C)c1. The highest BCUT2D eigenvalue weighted by Crippen LogP contribution is 2.27. The lowest BCUT2D eigenvalue weighted by atomic mass is 10.0. The van der Waals surface area contributed by atoms with E-state index in [1.165, 1.54) is 14.2 Å². The number of para-hydroxylation sites is 1. The zero-order valence-corrected chi connectivity index (χ0v) is 18.7. The summed E-state index contributed by atoms with van der Waals surface area (Å²) in [5.41, 5.74) is 2.21. The first-order valence-electron chi connectivity index (χ1n) is 10.4. The monoisotopic (exact) mass is 440 g/mol. The molecule has 0 unspecified atom stereocenters. The molecule has 0 radical (unpaired) electrons. The van der Waals surface area contributed by atoms with E-state index >= 15 is 0 Å². The number of benzene rings is 2. The van der Waals surface area contributed by atoms with E-state index in [0.717, 1.165) is 17.7 Å². The molecule has 0 saturated heterocycles. The summed E-state index contributed by atoms with van der Waals surface area (Å²) in [6, 6.07) is 11.5. The summed E-state index contributed by atoms with van der Waals surface area (Å²) in [7, 11) is 2.97. The highest BCUT2D eigenvalue weighted by atomic mass is 16.5. The van der Waals surface area contributed by atoms with Crippen molar-refractivity contribution in [3.63, 3.8) is 0 Å². The van der Waals surface area contributed by atoms with Crippen LogP contribution in [0.5, 0.6) is 11.5 Å². The van der Waals surface area contributed by atoms with Crippen molar-refractivity contribution in [3.8, 4) is 11.5 Å². The van der Waals surface area contributed by atoms with E-state index in [9.17, 15) is 14.4 Å². The molecule has 1 aliphatic rings. The Morgan fingerprint density at radius 3 is 2.31 bits per heavy atom. The van der Waals surface area contributed by atoms with Gasteiger partial charge in [-0.05, 0) is 36.1 Å². The Kier molecular flexibility index (Phi) is 7.35. The number of carbonyl (C=O) groups excluding carboxylic acids is 3. The van der Waals surface area contributed by atoms with Gasteiger partial charge in [0.15, 0.2) is 6.61 Å². The van der Waals surface area contributed by atoms with Crippen molar-refractivity contribution in [1.82, 2.24) is 5.32 Å². The summed E-state index contributed by atoms with van der Waals surface area (Å²) in [5, 5.41) is 2.69. The van der Waals surface area contributed by atoms with Crippen LogP contribution in [0.25, 0.3) is 0 Å². The van der Waals surface area contributed by atoms with Crippen LogP contribution in [0.1, 0.15) is 29.8 Å². The Morgan fingerprint density at radius 1 is 1.03 bits per heavy atom. The van der Waals surface area contributed by atoms with E-state index in [-0.39, 0.29) is 24.0 Å². The molecule has 0 bridgehead atoms. The lowest BCUT2D eigenvalue weighted by Gasteiger charge is -2.22. The first-order valence-corrected chi connectivity index (χ1v) is 10.4. The number of hydrogen-bond donors (Lipinski definition) is 1. The smallest absolute Gasteiger partial charge is 0.329 e. The first-order chi connectivity index (χ1) is 15.3. The van der Waals surface area contributed by atoms with Crippen molar-refractivity contribution in [2.75, 3.05) is 32.3 Å². The normalized spacial score (nSPS) is 13.3. The van der Waals surface area contributed by atoms with Gasteiger partial charge < -0.3 is 24.4 Å². The summed E-state index contributed by atoms with van der Waals surface area (Å²) in [5.74, 6) is -0.776. The van der Waals surface area contributed by atoms with Crippen molar-refractivity contribution in [3.05, 3.63) is 53.6 Å². The Labute approximate surface area is 187 Å². The number of nitrogens with zero attached hydrogens (tertiary/aromatic N) is 1. The standard InChI is InChI=1S/C24H28N2O6/c1-15(2)22(25-23(28)17-11-18(30-3)13-19(12-17)31-4)24(29)32-14-21(27)26-10-9-16-7-5-6-8-20(16)26/h5-8,11-13,15,22H,9-10,14H2,1-4H3,(H,25,28)/t22-/m1/s1. The molecule has 0 fully saturated rings. The van der Waals surface area contributed by atoms with Gasteiger partial charge in [-0.25, -0.2) is 4.79 Å². The second-order valence-electron chi connectivity index (χ2n) is 7.83. The molecule has 1 aliphatic heterocycles. The molecule has 3 rings (SSSR count). The number of rotatable bonds is 8. The number of anilines is 1. The van der Waals surface area contributed by atoms with Gasteiger partial charge in [-0.3, -0.25) is 9.59 Å². The van der Waals surface area contributed by atoms with Gasteiger partial charge in [-0.2, -0.15) is 0 Å². The predicted octanol–water partition coefficient (Wildman–Crippen LogP) is 2.59. The number of amides is 2. The average molecular weight is 440 g/mol. The molecule has 8 heteroatoms. The molecule has 2 aromatic rings. The average Bonchev–Trinajstić information content (AvgIpc) is 3.24. The third kappa shape index (κ3) is 5.19. The Balaban J connectivity index is 1.64. The summed E-state index contributed by atoms with van der Waals surface area (Å²) in [6.07, 6.45) is 0.768. The van der Waals surface area contributed by atoms with Gasteiger partial charge in [0, 0.05) is 23.9 Å². The van der Waals surface area contributed by atoms with Crippen molar-refractivity contribution in [1.29, 1.82) is 0 Å². The first kappa shape index (κ1) is 23.1. The maximum atomic E-state index is 12.8. The summed E-state index contributed by atoms with van der Waals surface area (Å²) in [6.45, 7) is 3.74. The molecule has 0 saturated carbocycles. The predicted molar refractivity (Wildman–Crippen MR) is 119 cm³/mol. The Morgan fingerprint density at radius 2 is 1.69 bits per heavy atom. The van der Waals surface area contributed by atoms with E-state index < -0.39 is 17.9 Å². The van der Waals surface area contributed by atoms with Gasteiger partial charge in [-0.15, -0.1) is 0 Å². The van der Waals surface area contributed by atoms with E-state index in [2.05, 4.69) is 5.32 Å². The van der Waals surface area contributed by atoms with Gasteiger partial charge in [0.25, 0.3) is 11.8 Å². The molecule has 1 heterocycles. The van der Waals surface area contributed by atoms with Crippen LogP contribution in [0.15, 0.2) is 42.5 Å². The number of nitrogens with one attached hydrogen (secondary N) is 1.